The summed E-state index contributed by atoms with van der Waals surface area (Å²) in [7, 11) is 4.54. The average Bonchev–Trinajstić information content (AvgIpc) is 2.83. The normalized spacial score (nSPS) is 10.6. The Kier molecular flexibility index (Phi) is 7.64. The third-order valence-electron chi connectivity index (χ3n) is 4.49. The zero-order chi connectivity index (χ0) is 22.9. The molecule has 0 fully saturated rings. The van der Waals surface area contributed by atoms with Gasteiger partial charge in [-0.2, -0.15) is 5.10 Å². The van der Waals surface area contributed by atoms with E-state index in [1.165, 1.54) is 39.7 Å². The number of rotatable bonds is 9. The van der Waals surface area contributed by atoms with Gasteiger partial charge in [-0.25, -0.2) is 9.82 Å². The van der Waals surface area contributed by atoms with Gasteiger partial charge in [0.05, 0.1) is 27.5 Å². The highest BCUT2D eigenvalue weighted by molar-refractivity contribution is 5.95. The van der Waals surface area contributed by atoms with Gasteiger partial charge in [0.25, 0.3) is 5.91 Å². The highest BCUT2D eigenvalue weighted by Crippen LogP contribution is 2.28. The van der Waals surface area contributed by atoms with Crippen molar-refractivity contribution < 1.29 is 28.1 Å². The molecule has 0 aromatic heterocycles. The molecule has 166 valence electrons. The van der Waals surface area contributed by atoms with Crippen LogP contribution in [0.5, 0.6) is 23.0 Å². The number of methoxy groups -OCH3 is 3. The summed E-state index contributed by atoms with van der Waals surface area (Å²) < 4.78 is 34.5. The van der Waals surface area contributed by atoms with Crippen molar-refractivity contribution in [2.24, 2.45) is 5.10 Å². The predicted molar refractivity (Wildman–Crippen MR) is 118 cm³/mol. The molecule has 3 aromatic carbocycles. The number of amides is 1. The van der Waals surface area contributed by atoms with E-state index in [1.54, 1.807) is 48.5 Å². The molecule has 0 saturated heterocycles. The Balaban J connectivity index is 1.64. The number of ether oxygens (including phenoxy) is 4. The van der Waals surface area contributed by atoms with E-state index in [0.717, 1.165) is 5.56 Å². The van der Waals surface area contributed by atoms with Gasteiger partial charge in [0.2, 0.25) is 0 Å². The van der Waals surface area contributed by atoms with Gasteiger partial charge in [0, 0.05) is 11.6 Å². The van der Waals surface area contributed by atoms with Crippen LogP contribution in [0.25, 0.3) is 0 Å². The molecule has 8 heteroatoms. The smallest absolute Gasteiger partial charge is 0.271 e. The maximum absolute atomic E-state index is 13.0. The summed E-state index contributed by atoms with van der Waals surface area (Å²) in [6.45, 7) is 0.268. The van der Waals surface area contributed by atoms with E-state index in [-0.39, 0.29) is 12.4 Å². The number of hydrogen-bond donors (Lipinski definition) is 1. The standard InChI is InChI=1S/C24H23FN2O5/c1-29-20-11-18(12-21(13-20)30-2)24(28)27-26-14-17-6-9-22(23(10-17)31-3)32-15-16-4-7-19(25)8-5-16/h4-14H,15H2,1-3H3,(H,27,28)/b26-14-. The van der Waals surface area contributed by atoms with E-state index < -0.39 is 5.91 Å². The fourth-order valence-electron chi connectivity index (χ4n) is 2.79. The lowest BCUT2D eigenvalue weighted by atomic mass is 10.2. The number of hydrogen-bond acceptors (Lipinski definition) is 6. The van der Waals surface area contributed by atoms with Crippen LogP contribution >= 0.6 is 0 Å². The summed E-state index contributed by atoms with van der Waals surface area (Å²) in [6.07, 6.45) is 1.49. The van der Waals surface area contributed by atoms with Gasteiger partial charge in [-0.05, 0) is 53.6 Å². The van der Waals surface area contributed by atoms with Crippen LogP contribution in [0.2, 0.25) is 0 Å². The van der Waals surface area contributed by atoms with Gasteiger partial charge in [0.1, 0.15) is 23.9 Å². The average molecular weight is 438 g/mol. The summed E-state index contributed by atoms with van der Waals surface area (Å²) in [6, 6.07) is 16.2. The minimum absolute atomic E-state index is 0.268. The number of carbonyl (C=O) groups is 1. The molecule has 0 aliphatic carbocycles. The molecule has 0 saturated carbocycles. The number of nitrogens with zero attached hydrogens (tertiary/aromatic N) is 1. The van der Waals surface area contributed by atoms with Crippen molar-refractivity contribution in [2.45, 2.75) is 6.61 Å². The molecule has 0 radical (unpaired) electrons. The number of halogens is 1. The van der Waals surface area contributed by atoms with Crippen molar-refractivity contribution >= 4 is 12.1 Å². The Hall–Kier alpha value is -4.07. The quantitative estimate of drug-likeness (QED) is 0.400. The van der Waals surface area contributed by atoms with E-state index in [9.17, 15) is 9.18 Å². The van der Waals surface area contributed by atoms with Gasteiger partial charge < -0.3 is 18.9 Å². The molecule has 0 atom stereocenters. The van der Waals surface area contributed by atoms with Crippen molar-refractivity contribution in [1.82, 2.24) is 5.43 Å². The number of benzene rings is 3. The van der Waals surface area contributed by atoms with Crippen molar-refractivity contribution in [3.05, 3.63) is 83.2 Å². The highest BCUT2D eigenvalue weighted by atomic mass is 19.1. The lowest BCUT2D eigenvalue weighted by Gasteiger charge is -2.11. The van der Waals surface area contributed by atoms with Crippen molar-refractivity contribution in [1.29, 1.82) is 0 Å². The third kappa shape index (κ3) is 5.98. The van der Waals surface area contributed by atoms with Gasteiger partial charge in [0.15, 0.2) is 11.5 Å². The molecule has 0 aliphatic heterocycles. The second-order valence-electron chi connectivity index (χ2n) is 6.63. The van der Waals surface area contributed by atoms with Crippen LogP contribution in [0.1, 0.15) is 21.5 Å². The first kappa shape index (κ1) is 22.6. The number of carbonyl (C=O) groups excluding carboxylic acids is 1. The van der Waals surface area contributed by atoms with Gasteiger partial charge >= 0.3 is 0 Å². The first-order valence-electron chi connectivity index (χ1n) is 9.64. The SMILES string of the molecule is COc1cc(OC)cc(C(=O)N/N=C\c2ccc(OCc3ccc(F)cc3)c(OC)c2)c1. The second-order valence-corrected chi connectivity index (χ2v) is 6.63. The molecule has 1 amide bonds. The molecular formula is C24H23FN2O5. The number of hydrazone groups is 1. The summed E-state index contributed by atoms with van der Waals surface area (Å²) >= 11 is 0. The topological polar surface area (TPSA) is 78.4 Å². The third-order valence-corrected chi connectivity index (χ3v) is 4.49. The monoisotopic (exact) mass is 438 g/mol. The second kappa shape index (κ2) is 10.8. The lowest BCUT2D eigenvalue weighted by molar-refractivity contribution is 0.0954. The maximum atomic E-state index is 13.0. The van der Waals surface area contributed by atoms with E-state index in [4.69, 9.17) is 18.9 Å². The van der Waals surface area contributed by atoms with E-state index in [1.807, 2.05) is 0 Å². The van der Waals surface area contributed by atoms with Crippen LogP contribution in [0.4, 0.5) is 4.39 Å². The van der Waals surface area contributed by atoms with Crippen LogP contribution in [0, 0.1) is 5.82 Å². The van der Waals surface area contributed by atoms with E-state index in [2.05, 4.69) is 10.5 Å². The summed E-state index contributed by atoms with van der Waals surface area (Å²) in [5.41, 5.74) is 4.34. The lowest BCUT2D eigenvalue weighted by Crippen LogP contribution is -2.17. The Morgan fingerprint density at radius 1 is 0.906 bits per heavy atom. The van der Waals surface area contributed by atoms with Crippen LogP contribution in [-0.2, 0) is 6.61 Å². The fraction of sp³-hybridized carbons (Fsp3) is 0.167. The van der Waals surface area contributed by atoms with Crippen molar-refractivity contribution in [2.75, 3.05) is 21.3 Å². The Morgan fingerprint density at radius 2 is 1.59 bits per heavy atom. The highest BCUT2D eigenvalue weighted by Gasteiger charge is 2.10. The van der Waals surface area contributed by atoms with E-state index >= 15 is 0 Å². The van der Waals surface area contributed by atoms with Crippen LogP contribution in [0.15, 0.2) is 65.8 Å². The van der Waals surface area contributed by atoms with Crippen LogP contribution < -0.4 is 24.4 Å². The molecule has 0 aliphatic rings. The van der Waals surface area contributed by atoms with Crippen molar-refractivity contribution in [3.63, 3.8) is 0 Å². The zero-order valence-electron chi connectivity index (χ0n) is 17.9. The predicted octanol–water partition coefficient (Wildman–Crippen LogP) is 4.19. The summed E-state index contributed by atoms with van der Waals surface area (Å²) in [5, 5.41) is 4.00. The van der Waals surface area contributed by atoms with E-state index in [0.29, 0.717) is 34.1 Å². The maximum Gasteiger partial charge on any atom is 0.271 e. The molecule has 0 spiro atoms. The Labute approximate surface area is 185 Å². The Bertz CT molecular complexity index is 1080. The van der Waals surface area contributed by atoms with Gasteiger partial charge in [-0.15, -0.1) is 0 Å². The molecule has 3 rings (SSSR count). The number of nitrogens with one attached hydrogen (secondary N) is 1. The molecule has 3 aromatic rings. The molecule has 7 nitrogen and oxygen atoms in total. The fourth-order valence-corrected chi connectivity index (χ4v) is 2.79. The minimum atomic E-state index is -0.412. The molecule has 1 N–H and O–H groups in total. The first-order chi connectivity index (χ1) is 15.5. The van der Waals surface area contributed by atoms with Crippen LogP contribution in [0.3, 0.4) is 0 Å². The molecule has 0 unspecified atom stereocenters. The van der Waals surface area contributed by atoms with Crippen molar-refractivity contribution in [3.8, 4) is 23.0 Å². The molecular weight excluding hydrogens is 415 g/mol. The largest absolute Gasteiger partial charge is 0.497 e. The summed E-state index contributed by atoms with van der Waals surface area (Å²) in [4.78, 5) is 12.4. The zero-order valence-corrected chi connectivity index (χ0v) is 17.9. The molecule has 0 bridgehead atoms. The summed E-state index contributed by atoms with van der Waals surface area (Å²) in [5.74, 6) is 1.32. The minimum Gasteiger partial charge on any atom is -0.497 e. The van der Waals surface area contributed by atoms with Gasteiger partial charge in [-0.3, -0.25) is 4.79 Å². The molecule has 32 heavy (non-hydrogen) atoms. The first-order valence-corrected chi connectivity index (χ1v) is 9.64. The van der Waals surface area contributed by atoms with Gasteiger partial charge in [-0.1, -0.05) is 12.1 Å². The Morgan fingerprint density at radius 3 is 2.22 bits per heavy atom. The molecule has 0 heterocycles. The van der Waals surface area contributed by atoms with Crippen LogP contribution in [-0.4, -0.2) is 33.5 Å².